The Morgan fingerprint density at radius 2 is 1.84 bits per heavy atom. The molecular weight excluding hydrogens is 766 g/mol. The van der Waals surface area contributed by atoms with E-state index in [2.05, 4.69) is 87.6 Å². The maximum atomic E-state index is 12.4. The molecule has 0 saturated heterocycles. The lowest BCUT2D eigenvalue weighted by Gasteiger charge is -2.09. The zero-order valence-electron chi connectivity index (χ0n) is 16.2. The number of rotatable bonds is 6. The van der Waals surface area contributed by atoms with E-state index in [-0.39, 0.29) is 5.76 Å². The van der Waals surface area contributed by atoms with E-state index in [0.717, 1.165) is 34.8 Å². The molecule has 5 nitrogen and oxygen atoms in total. The minimum absolute atomic E-state index is 0.202. The molecule has 32 heavy (non-hydrogen) atoms. The summed E-state index contributed by atoms with van der Waals surface area (Å²) >= 11 is 11.4. The number of nitrogens with zero attached hydrogens (tertiary/aromatic N) is 1. The quantitative estimate of drug-likeness (QED) is 0.125. The average molecular weight is 780 g/mol. The van der Waals surface area contributed by atoms with Gasteiger partial charge in [-0.05, 0) is 121 Å². The number of hydrazone groups is 1. The van der Waals surface area contributed by atoms with Crippen molar-refractivity contribution in [3.05, 3.63) is 93.6 Å². The first-order chi connectivity index (χ1) is 15.4. The molecule has 0 aliphatic heterocycles. The van der Waals surface area contributed by atoms with Crippen LogP contribution in [0, 0.1) is 7.14 Å². The zero-order valence-corrected chi connectivity index (χ0v) is 23.7. The van der Waals surface area contributed by atoms with Crippen LogP contribution in [0.3, 0.4) is 0 Å². The smallest absolute Gasteiger partial charge is 0.307 e. The summed E-state index contributed by atoms with van der Waals surface area (Å²) in [4.78, 5) is 12.4. The van der Waals surface area contributed by atoms with E-state index in [1.165, 1.54) is 3.57 Å². The minimum Gasteiger partial charge on any atom is -0.488 e. The van der Waals surface area contributed by atoms with Gasteiger partial charge in [0.05, 0.1) is 14.3 Å². The van der Waals surface area contributed by atoms with Gasteiger partial charge in [-0.25, -0.2) is 5.43 Å². The molecule has 0 fully saturated rings. The fourth-order valence-corrected chi connectivity index (χ4v) is 5.40. The van der Waals surface area contributed by atoms with E-state index >= 15 is 0 Å². The van der Waals surface area contributed by atoms with Crippen LogP contribution in [0.2, 0.25) is 0 Å². The maximum Gasteiger partial charge on any atom is 0.307 e. The fraction of sp³-hybridized carbons (Fsp3) is 0.0435. The third-order valence-electron chi connectivity index (χ3n) is 4.40. The van der Waals surface area contributed by atoms with Crippen molar-refractivity contribution in [2.45, 2.75) is 6.61 Å². The Hall–Kier alpha value is -1.44. The van der Waals surface area contributed by atoms with Gasteiger partial charge in [0.15, 0.2) is 5.76 Å². The van der Waals surface area contributed by atoms with Gasteiger partial charge >= 0.3 is 5.91 Å². The van der Waals surface area contributed by atoms with Crippen molar-refractivity contribution in [2.24, 2.45) is 5.10 Å². The van der Waals surface area contributed by atoms with Gasteiger partial charge in [-0.3, -0.25) is 4.79 Å². The van der Waals surface area contributed by atoms with Crippen molar-refractivity contribution in [2.75, 3.05) is 0 Å². The second-order valence-corrected chi connectivity index (χ2v) is 10.9. The fourth-order valence-electron chi connectivity index (χ4n) is 2.86. The van der Waals surface area contributed by atoms with E-state index in [1.54, 1.807) is 12.3 Å². The molecule has 162 valence electrons. The molecule has 1 aromatic heterocycles. The number of ether oxygens (including phenoxy) is 1. The average Bonchev–Trinajstić information content (AvgIpc) is 3.19. The second kappa shape index (κ2) is 10.7. The van der Waals surface area contributed by atoms with Crippen LogP contribution in [0.5, 0.6) is 5.75 Å². The molecule has 9 heteroatoms. The highest BCUT2D eigenvalue weighted by molar-refractivity contribution is 14.1. The van der Waals surface area contributed by atoms with Gasteiger partial charge in [-0.1, -0.05) is 28.1 Å². The van der Waals surface area contributed by atoms with Gasteiger partial charge in [0.25, 0.3) is 0 Å². The highest BCUT2D eigenvalue weighted by Gasteiger charge is 2.14. The Balaban J connectivity index is 1.38. The predicted molar refractivity (Wildman–Crippen MR) is 149 cm³/mol. The van der Waals surface area contributed by atoms with Gasteiger partial charge in [0.2, 0.25) is 0 Å². The summed E-state index contributed by atoms with van der Waals surface area (Å²) in [5.74, 6) is 0.516. The molecule has 3 aromatic carbocycles. The second-order valence-electron chi connectivity index (χ2n) is 6.72. The highest BCUT2D eigenvalue weighted by Crippen LogP contribution is 2.29. The van der Waals surface area contributed by atoms with Gasteiger partial charge in [0.1, 0.15) is 17.9 Å². The standard InChI is InChI=1S/C23H14Br2I2N2O3/c24-16-8-15-9-21(32-22(15)19(27)10-16)23(30)29-28-11-14-3-6-20(18(25)7-14)31-12-13-1-4-17(26)5-2-13/h1-11H,12H2,(H,29,30)/b28-11-. The molecule has 0 aliphatic rings. The van der Waals surface area contributed by atoms with Crippen LogP contribution in [-0.2, 0) is 6.61 Å². The van der Waals surface area contributed by atoms with Gasteiger partial charge < -0.3 is 9.15 Å². The number of nitrogens with one attached hydrogen (secondary N) is 1. The Kier molecular flexibility index (Phi) is 7.90. The molecule has 0 aliphatic carbocycles. The van der Waals surface area contributed by atoms with E-state index in [0.29, 0.717) is 12.2 Å². The van der Waals surface area contributed by atoms with Crippen molar-refractivity contribution in [3.8, 4) is 5.75 Å². The third-order valence-corrected chi connectivity index (χ3v) is 7.00. The van der Waals surface area contributed by atoms with Gasteiger partial charge in [-0.2, -0.15) is 5.10 Å². The Labute approximate surface area is 228 Å². The molecular formula is C23H14Br2I2N2O3. The molecule has 0 saturated carbocycles. The number of fused-ring (bicyclic) bond motifs is 1. The Morgan fingerprint density at radius 1 is 1.06 bits per heavy atom. The van der Waals surface area contributed by atoms with Crippen LogP contribution in [0.25, 0.3) is 11.0 Å². The molecule has 0 radical (unpaired) electrons. The molecule has 0 bridgehead atoms. The summed E-state index contributed by atoms with van der Waals surface area (Å²) in [6.07, 6.45) is 1.56. The van der Waals surface area contributed by atoms with Crippen molar-refractivity contribution in [1.82, 2.24) is 5.43 Å². The summed E-state index contributed by atoms with van der Waals surface area (Å²) in [5.41, 5.74) is 5.08. The first kappa shape index (κ1) is 23.7. The molecule has 0 unspecified atom stereocenters. The molecule has 1 heterocycles. The van der Waals surface area contributed by atoms with Crippen LogP contribution in [0.15, 0.2) is 79.1 Å². The molecule has 1 amide bonds. The number of amides is 1. The van der Waals surface area contributed by atoms with Crippen LogP contribution < -0.4 is 10.2 Å². The maximum absolute atomic E-state index is 12.4. The number of halogens is 4. The number of carbonyl (C=O) groups is 1. The van der Waals surface area contributed by atoms with E-state index < -0.39 is 5.91 Å². The SMILES string of the molecule is O=C(N/N=C\c1ccc(OCc2ccc(I)cc2)c(Br)c1)c1cc2cc(Br)cc(I)c2o1. The van der Waals surface area contributed by atoms with E-state index in [9.17, 15) is 4.79 Å². The van der Waals surface area contributed by atoms with Crippen LogP contribution in [0.1, 0.15) is 21.7 Å². The molecule has 1 N–H and O–H groups in total. The predicted octanol–water partition coefficient (Wildman–Crippen LogP) is 7.51. The molecule has 0 atom stereocenters. The van der Waals surface area contributed by atoms with Crippen LogP contribution in [0.4, 0.5) is 0 Å². The molecule has 0 spiro atoms. The molecule has 4 rings (SSSR count). The summed E-state index contributed by atoms with van der Waals surface area (Å²) in [6, 6.07) is 19.3. The summed E-state index contributed by atoms with van der Waals surface area (Å²) in [5, 5.41) is 4.89. The number of carbonyl (C=O) groups excluding carboxylic acids is 1. The Morgan fingerprint density at radius 3 is 2.59 bits per heavy atom. The molecule has 4 aromatic rings. The third kappa shape index (κ3) is 5.91. The van der Waals surface area contributed by atoms with Crippen molar-refractivity contribution >= 4 is 100 Å². The first-order valence-corrected chi connectivity index (χ1v) is 13.0. The van der Waals surface area contributed by atoms with Crippen molar-refractivity contribution in [1.29, 1.82) is 0 Å². The largest absolute Gasteiger partial charge is 0.488 e. The minimum atomic E-state index is -0.416. The Bertz CT molecular complexity index is 1320. The number of hydrogen-bond donors (Lipinski definition) is 1. The first-order valence-electron chi connectivity index (χ1n) is 9.28. The summed E-state index contributed by atoms with van der Waals surface area (Å²) in [7, 11) is 0. The summed E-state index contributed by atoms with van der Waals surface area (Å²) < 4.78 is 15.4. The van der Waals surface area contributed by atoms with Crippen LogP contribution in [-0.4, -0.2) is 12.1 Å². The number of furan rings is 1. The number of hydrogen-bond acceptors (Lipinski definition) is 4. The topological polar surface area (TPSA) is 63.8 Å². The van der Waals surface area contributed by atoms with Gasteiger partial charge in [-0.15, -0.1) is 0 Å². The van der Waals surface area contributed by atoms with E-state index in [1.807, 2.05) is 54.6 Å². The number of benzene rings is 3. The van der Waals surface area contributed by atoms with Crippen molar-refractivity contribution < 1.29 is 13.9 Å². The normalized spacial score (nSPS) is 11.2. The highest BCUT2D eigenvalue weighted by atomic mass is 127. The lowest BCUT2D eigenvalue weighted by atomic mass is 10.2. The monoisotopic (exact) mass is 778 g/mol. The van der Waals surface area contributed by atoms with Crippen LogP contribution >= 0.6 is 77.0 Å². The zero-order chi connectivity index (χ0) is 22.7. The van der Waals surface area contributed by atoms with Crippen molar-refractivity contribution in [3.63, 3.8) is 0 Å². The summed E-state index contributed by atoms with van der Waals surface area (Å²) in [6.45, 7) is 0.478. The lowest BCUT2D eigenvalue weighted by Crippen LogP contribution is -2.16. The lowest BCUT2D eigenvalue weighted by molar-refractivity contribution is 0.0929. The van der Waals surface area contributed by atoms with E-state index in [4.69, 9.17) is 9.15 Å². The van der Waals surface area contributed by atoms with Gasteiger partial charge in [0, 0.05) is 13.4 Å².